The van der Waals surface area contributed by atoms with E-state index >= 15 is 0 Å². The van der Waals surface area contributed by atoms with Gasteiger partial charge in [-0.1, -0.05) is 38.7 Å². The van der Waals surface area contributed by atoms with Gasteiger partial charge in [0.25, 0.3) is 0 Å². The van der Waals surface area contributed by atoms with Crippen molar-refractivity contribution >= 4 is 12.2 Å². The molecule has 0 bridgehead atoms. The van der Waals surface area contributed by atoms with Crippen molar-refractivity contribution in [2.45, 2.75) is 19.8 Å². The molecule has 0 aliphatic rings. The molecule has 0 aromatic heterocycles. The molecule has 0 amide bonds. The van der Waals surface area contributed by atoms with E-state index in [2.05, 4.69) is 20.1 Å². The van der Waals surface area contributed by atoms with E-state index < -0.39 is 0 Å². The van der Waals surface area contributed by atoms with Crippen LogP contribution in [-0.4, -0.2) is 6.61 Å². The van der Waals surface area contributed by atoms with Crippen LogP contribution in [-0.2, 0) is 0 Å². The monoisotopic (exact) mass is 202 g/mol. The molecule has 1 rings (SSSR count). The summed E-state index contributed by atoms with van der Waals surface area (Å²) < 4.78 is 5.64. The molecule has 0 aliphatic carbocycles. The standard InChI is InChI=1S/C14H18O/c1-4-7-8-15-14-10-12(5-2)9-13(6-3)11-14/h5-6,9-11H,2-4,7-8H2,1H3. The highest BCUT2D eigenvalue weighted by Gasteiger charge is 1.97. The van der Waals surface area contributed by atoms with Gasteiger partial charge in [-0.15, -0.1) is 0 Å². The summed E-state index contributed by atoms with van der Waals surface area (Å²) in [5.74, 6) is 0.899. The first-order valence-corrected chi connectivity index (χ1v) is 5.33. The van der Waals surface area contributed by atoms with Crippen molar-refractivity contribution in [1.82, 2.24) is 0 Å². The molecule has 1 heteroatoms. The number of unbranched alkanes of at least 4 members (excludes halogenated alkanes) is 1. The summed E-state index contributed by atoms with van der Waals surface area (Å²) in [5, 5.41) is 0. The third-order valence-corrected chi connectivity index (χ3v) is 2.19. The molecule has 0 unspecified atom stereocenters. The van der Waals surface area contributed by atoms with E-state index in [-0.39, 0.29) is 0 Å². The van der Waals surface area contributed by atoms with Crippen LogP contribution >= 0.6 is 0 Å². The van der Waals surface area contributed by atoms with E-state index in [0.29, 0.717) is 0 Å². The van der Waals surface area contributed by atoms with Gasteiger partial charge in [0.1, 0.15) is 5.75 Å². The highest BCUT2D eigenvalue weighted by Crippen LogP contribution is 2.19. The first-order valence-electron chi connectivity index (χ1n) is 5.33. The van der Waals surface area contributed by atoms with Gasteiger partial charge in [0.15, 0.2) is 0 Å². The second kappa shape index (κ2) is 6.07. The van der Waals surface area contributed by atoms with Crippen LogP contribution in [0.1, 0.15) is 30.9 Å². The van der Waals surface area contributed by atoms with Crippen molar-refractivity contribution in [2.24, 2.45) is 0 Å². The van der Waals surface area contributed by atoms with Crippen molar-refractivity contribution in [2.75, 3.05) is 6.61 Å². The number of ether oxygens (including phenoxy) is 1. The summed E-state index contributed by atoms with van der Waals surface area (Å²) in [5.41, 5.74) is 2.14. The zero-order chi connectivity index (χ0) is 11.1. The first kappa shape index (κ1) is 11.6. The second-order valence-corrected chi connectivity index (χ2v) is 3.45. The lowest BCUT2D eigenvalue weighted by Crippen LogP contribution is -1.96. The Morgan fingerprint density at radius 2 is 1.73 bits per heavy atom. The molecule has 0 fully saturated rings. The van der Waals surface area contributed by atoms with Crippen molar-refractivity contribution in [1.29, 1.82) is 0 Å². The van der Waals surface area contributed by atoms with Crippen molar-refractivity contribution in [3.8, 4) is 5.75 Å². The van der Waals surface area contributed by atoms with E-state index in [0.717, 1.165) is 36.3 Å². The number of hydrogen-bond acceptors (Lipinski definition) is 1. The Bertz CT molecular complexity index is 313. The number of benzene rings is 1. The highest BCUT2D eigenvalue weighted by atomic mass is 16.5. The predicted molar refractivity (Wildman–Crippen MR) is 67.0 cm³/mol. The normalized spacial score (nSPS) is 9.67. The zero-order valence-corrected chi connectivity index (χ0v) is 9.33. The van der Waals surface area contributed by atoms with Crippen LogP contribution in [0.4, 0.5) is 0 Å². The van der Waals surface area contributed by atoms with Gasteiger partial charge in [0, 0.05) is 0 Å². The van der Waals surface area contributed by atoms with E-state index in [1.165, 1.54) is 0 Å². The fraction of sp³-hybridized carbons (Fsp3) is 0.286. The van der Waals surface area contributed by atoms with E-state index in [1.54, 1.807) is 0 Å². The Hall–Kier alpha value is -1.50. The number of rotatable bonds is 6. The van der Waals surface area contributed by atoms with Crippen LogP contribution in [0.5, 0.6) is 5.75 Å². The van der Waals surface area contributed by atoms with Gasteiger partial charge in [-0.05, 0) is 35.7 Å². The maximum Gasteiger partial charge on any atom is 0.120 e. The lowest BCUT2D eigenvalue weighted by molar-refractivity contribution is 0.309. The Labute approximate surface area is 92.1 Å². The summed E-state index contributed by atoms with van der Waals surface area (Å²) in [6.45, 7) is 10.4. The van der Waals surface area contributed by atoms with Crippen LogP contribution in [0.2, 0.25) is 0 Å². The third-order valence-electron chi connectivity index (χ3n) is 2.19. The Balaban J connectivity index is 2.77. The van der Waals surface area contributed by atoms with E-state index in [4.69, 9.17) is 4.74 Å². The predicted octanol–water partition coefficient (Wildman–Crippen LogP) is 4.15. The molecule has 15 heavy (non-hydrogen) atoms. The molecule has 0 radical (unpaired) electrons. The van der Waals surface area contributed by atoms with E-state index in [1.807, 2.05) is 30.4 Å². The van der Waals surface area contributed by atoms with Crippen LogP contribution in [0.25, 0.3) is 12.2 Å². The molecule has 0 saturated carbocycles. The Kier molecular flexibility index (Phi) is 4.69. The van der Waals surface area contributed by atoms with Gasteiger partial charge in [-0.25, -0.2) is 0 Å². The summed E-state index contributed by atoms with van der Waals surface area (Å²) in [6.07, 6.45) is 5.87. The topological polar surface area (TPSA) is 9.23 Å². The lowest BCUT2D eigenvalue weighted by Gasteiger charge is -2.07. The van der Waals surface area contributed by atoms with Gasteiger partial charge in [0.05, 0.1) is 6.61 Å². The minimum Gasteiger partial charge on any atom is -0.494 e. The smallest absolute Gasteiger partial charge is 0.120 e. The molecular weight excluding hydrogens is 184 g/mol. The average molecular weight is 202 g/mol. The molecule has 0 saturated heterocycles. The molecule has 0 spiro atoms. The minimum atomic E-state index is 0.772. The van der Waals surface area contributed by atoms with Crippen LogP contribution in [0, 0.1) is 0 Å². The summed E-state index contributed by atoms with van der Waals surface area (Å²) in [4.78, 5) is 0. The van der Waals surface area contributed by atoms with Crippen LogP contribution in [0.15, 0.2) is 31.4 Å². The molecule has 0 atom stereocenters. The minimum absolute atomic E-state index is 0.772. The molecule has 0 N–H and O–H groups in total. The Morgan fingerprint density at radius 3 is 2.20 bits per heavy atom. The van der Waals surface area contributed by atoms with Crippen molar-refractivity contribution in [3.05, 3.63) is 42.5 Å². The molecule has 80 valence electrons. The molecule has 0 aliphatic heterocycles. The summed E-state index contributed by atoms with van der Waals surface area (Å²) in [7, 11) is 0. The molecule has 0 heterocycles. The van der Waals surface area contributed by atoms with Gasteiger partial charge in [0.2, 0.25) is 0 Å². The van der Waals surface area contributed by atoms with Crippen molar-refractivity contribution in [3.63, 3.8) is 0 Å². The molecular formula is C14H18O. The fourth-order valence-corrected chi connectivity index (χ4v) is 1.30. The average Bonchev–Trinajstić information content (AvgIpc) is 2.29. The molecule has 1 aromatic rings. The Morgan fingerprint density at radius 1 is 1.13 bits per heavy atom. The zero-order valence-electron chi connectivity index (χ0n) is 9.33. The van der Waals surface area contributed by atoms with Gasteiger partial charge in [-0.2, -0.15) is 0 Å². The quantitative estimate of drug-likeness (QED) is 0.630. The first-order chi connectivity index (χ1) is 7.30. The van der Waals surface area contributed by atoms with Crippen LogP contribution in [0.3, 0.4) is 0 Å². The molecule has 1 aromatic carbocycles. The number of hydrogen-bond donors (Lipinski definition) is 0. The van der Waals surface area contributed by atoms with Crippen molar-refractivity contribution < 1.29 is 4.74 Å². The third kappa shape index (κ3) is 3.62. The van der Waals surface area contributed by atoms with Gasteiger partial charge < -0.3 is 4.74 Å². The summed E-state index contributed by atoms with van der Waals surface area (Å²) >= 11 is 0. The maximum atomic E-state index is 5.64. The largest absolute Gasteiger partial charge is 0.494 e. The van der Waals surface area contributed by atoms with E-state index in [9.17, 15) is 0 Å². The molecule has 1 nitrogen and oxygen atoms in total. The second-order valence-electron chi connectivity index (χ2n) is 3.45. The fourth-order valence-electron chi connectivity index (χ4n) is 1.30. The van der Waals surface area contributed by atoms with Crippen LogP contribution < -0.4 is 4.74 Å². The summed E-state index contributed by atoms with van der Waals surface area (Å²) in [6, 6.07) is 6.03. The van der Waals surface area contributed by atoms with Gasteiger partial charge in [-0.3, -0.25) is 0 Å². The lowest BCUT2D eigenvalue weighted by atomic mass is 10.1. The highest BCUT2D eigenvalue weighted by molar-refractivity contribution is 5.59. The maximum absolute atomic E-state index is 5.64. The van der Waals surface area contributed by atoms with Gasteiger partial charge >= 0.3 is 0 Å². The SMILES string of the molecule is C=Cc1cc(C=C)cc(OCCCC)c1.